The molecule has 2 atom stereocenters. The van der Waals surface area contributed by atoms with E-state index >= 15 is 0 Å². The molecule has 8 heteroatoms. The first-order valence-electron chi connectivity index (χ1n) is 6.80. The first-order valence-corrected chi connectivity index (χ1v) is 6.80. The number of carbonyl (C=O) groups excluding carboxylic acids is 4. The first kappa shape index (κ1) is 19.9. The molecule has 2 unspecified atom stereocenters. The zero-order chi connectivity index (χ0) is 17.4. The van der Waals surface area contributed by atoms with Crippen LogP contribution in [0.4, 0.5) is 0 Å². The Morgan fingerprint density at radius 1 is 0.591 bits per heavy atom. The zero-order valence-electron chi connectivity index (χ0n) is 13.6. The predicted octanol–water partition coefficient (Wildman–Crippen LogP) is 0.753. The Morgan fingerprint density at radius 2 is 0.864 bits per heavy atom. The van der Waals surface area contributed by atoms with Crippen LogP contribution in [0.25, 0.3) is 0 Å². The fraction of sp³-hybridized carbons (Fsp3) is 0.714. The highest BCUT2D eigenvalue weighted by Gasteiger charge is 2.42. The molecule has 22 heavy (non-hydrogen) atoms. The molecule has 0 aliphatic carbocycles. The average Bonchev–Trinajstić information content (AvgIpc) is 2.30. The normalized spacial score (nSPS) is 13.3. The number of hydrogen-bond donors (Lipinski definition) is 0. The van der Waals surface area contributed by atoms with Gasteiger partial charge in [-0.05, 0) is 27.7 Å². The van der Waals surface area contributed by atoms with Crippen LogP contribution in [0, 0.1) is 0 Å². The van der Waals surface area contributed by atoms with E-state index in [1.807, 2.05) is 0 Å². The van der Waals surface area contributed by atoms with E-state index in [-0.39, 0.29) is 0 Å². The molecule has 0 amide bonds. The van der Waals surface area contributed by atoms with Gasteiger partial charge in [0.1, 0.15) is 0 Å². The third-order valence-electron chi connectivity index (χ3n) is 2.03. The molecule has 0 aromatic rings. The molecule has 0 aliphatic rings. The molecule has 8 nitrogen and oxygen atoms in total. The second kappa shape index (κ2) is 9.01. The largest absolute Gasteiger partial charge is 0.460 e. The van der Waals surface area contributed by atoms with Crippen molar-refractivity contribution >= 4 is 23.9 Å². The van der Waals surface area contributed by atoms with E-state index in [1.165, 1.54) is 0 Å². The Bertz CT molecular complexity index is 387. The highest BCUT2D eigenvalue weighted by molar-refractivity contribution is 5.89. The lowest BCUT2D eigenvalue weighted by Gasteiger charge is -2.24. The van der Waals surface area contributed by atoms with Gasteiger partial charge < -0.3 is 18.9 Å². The minimum Gasteiger partial charge on any atom is -0.460 e. The lowest BCUT2D eigenvalue weighted by Crippen LogP contribution is -2.47. The third-order valence-corrected chi connectivity index (χ3v) is 2.03. The molecule has 0 heterocycles. The van der Waals surface area contributed by atoms with Crippen LogP contribution >= 0.6 is 0 Å². The van der Waals surface area contributed by atoms with Gasteiger partial charge in [0.15, 0.2) is 0 Å². The summed E-state index contributed by atoms with van der Waals surface area (Å²) in [6.45, 7) is 8.42. The maximum Gasteiger partial charge on any atom is 0.352 e. The van der Waals surface area contributed by atoms with Crippen molar-refractivity contribution in [2.45, 2.75) is 66.0 Å². The van der Waals surface area contributed by atoms with Crippen molar-refractivity contribution in [2.75, 3.05) is 0 Å². The Morgan fingerprint density at radius 3 is 1.05 bits per heavy atom. The predicted molar refractivity (Wildman–Crippen MR) is 73.6 cm³/mol. The van der Waals surface area contributed by atoms with Crippen LogP contribution in [0.5, 0.6) is 0 Å². The average molecular weight is 318 g/mol. The summed E-state index contributed by atoms with van der Waals surface area (Å²) < 4.78 is 19.4. The van der Waals surface area contributed by atoms with Crippen LogP contribution in [0.1, 0.15) is 41.5 Å². The molecule has 0 aromatic heterocycles. The van der Waals surface area contributed by atoms with Gasteiger partial charge in [-0.15, -0.1) is 0 Å². The van der Waals surface area contributed by atoms with Crippen LogP contribution in [-0.2, 0) is 38.1 Å². The van der Waals surface area contributed by atoms with Crippen LogP contribution in [0.2, 0.25) is 0 Å². The summed E-state index contributed by atoms with van der Waals surface area (Å²) in [5.41, 5.74) is 0. The number of hydrogen-bond acceptors (Lipinski definition) is 8. The summed E-state index contributed by atoms with van der Waals surface area (Å²) >= 11 is 0. The van der Waals surface area contributed by atoms with Crippen LogP contribution in [0.3, 0.4) is 0 Å². The third kappa shape index (κ3) is 7.61. The van der Waals surface area contributed by atoms with Gasteiger partial charge in [0, 0.05) is 13.8 Å². The summed E-state index contributed by atoms with van der Waals surface area (Å²) in [5, 5.41) is 0. The Labute approximate surface area is 129 Å². The molecule has 0 N–H and O–H groups in total. The van der Waals surface area contributed by atoms with Gasteiger partial charge in [0.25, 0.3) is 0 Å². The van der Waals surface area contributed by atoms with Gasteiger partial charge >= 0.3 is 23.9 Å². The molecule has 0 spiro atoms. The van der Waals surface area contributed by atoms with E-state index in [1.54, 1.807) is 27.7 Å². The fourth-order valence-electron chi connectivity index (χ4n) is 1.42. The van der Waals surface area contributed by atoms with Crippen molar-refractivity contribution in [3.63, 3.8) is 0 Å². The lowest BCUT2D eigenvalue weighted by molar-refractivity contribution is -0.193. The molecule has 126 valence electrons. The van der Waals surface area contributed by atoms with Crippen molar-refractivity contribution in [3.8, 4) is 0 Å². The molecule has 0 aliphatic heterocycles. The van der Waals surface area contributed by atoms with E-state index in [2.05, 4.69) is 0 Å². The minimum absolute atomic E-state index is 0.510. The van der Waals surface area contributed by atoms with Crippen molar-refractivity contribution in [1.82, 2.24) is 0 Å². The molecular weight excluding hydrogens is 296 g/mol. The number of rotatable bonds is 7. The van der Waals surface area contributed by atoms with Gasteiger partial charge in [0.2, 0.25) is 12.2 Å². The van der Waals surface area contributed by atoms with Gasteiger partial charge in [0.05, 0.1) is 12.2 Å². The van der Waals surface area contributed by atoms with Crippen LogP contribution in [0.15, 0.2) is 0 Å². The molecule has 0 saturated heterocycles. The monoisotopic (exact) mass is 318 g/mol. The maximum absolute atomic E-state index is 12.0. The fourth-order valence-corrected chi connectivity index (χ4v) is 1.42. The number of esters is 4. The Balaban J connectivity index is 5.41. The smallest absolute Gasteiger partial charge is 0.352 e. The van der Waals surface area contributed by atoms with E-state index in [4.69, 9.17) is 18.9 Å². The van der Waals surface area contributed by atoms with Crippen molar-refractivity contribution in [1.29, 1.82) is 0 Å². The summed E-state index contributed by atoms with van der Waals surface area (Å²) in [5.74, 6) is -3.67. The molecular formula is C14H22O8. The van der Waals surface area contributed by atoms with E-state index in [0.29, 0.717) is 0 Å². The van der Waals surface area contributed by atoms with Gasteiger partial charge in [-0.3, -0.25) is 9.59 Å². The standard InChI is InChI=1S/C14H22O8/c1-7(2)19-13(17)11(21-9(5)15)12(22-10(6)16)14(18)20-8(3)4/h7-8,11-12H,1-6H3. The highest BCUT2D eigenvalue weighted by atomic mass is 16.6. The van der Waals surface area contributed by atoms with Crippen molar-refractivity contribution in [3.05, 3.63) is 0 Å². The minimum atomic E-state index is -1.73. The zero-order valence-corrected chi connectivity index (χ0v) is 13.6. The first-order chi connectivity index (χ1) is 10.0. The van der Waals surface area contributed by atoms with Gasteiger partial charge in [-0.2, -0.15) is 0 Å². The molecule has 0 fully saturated rings. The molecule has 0 radical (unpaired) electrons. The van der Waals surface area contributed by atoms with Crippen LogP contribution in [-0.4, -0.2) is 48.3 Å². The summed E-state index contributed by atoms with van der Waals surface area (Å²) in [6, 6.07) is 0. The van der Waals surface area contributed by atoms with Gasteiger partial charge in [-0.1, -0.05) is 0 Å². The molecule has 0 rings (SSSR count). The molecule has 0 saturated carbocycles. The quantitative estimate of drug-likeness (QED) is 0.500. The number of carbonyl (C=O) groups is 4. The lowest BCUT2D eigenvalue weighted by atomic mass is 10.2. The Hall–Kier alpha value is -2.12. The maximum atomic E-state index is 12.0. The van der Waals surface area contributed by atoms with E-state index < -0.39 is 48.3 Å². The van der Waals surface area contributed by atoms with Crippen molar-refractivity contribution < 1.29 is 38.1 Å². The second-order valence-electron chi connectivity index (χ2n) is 5.03. The van der Waals surface area contributed by atoms with E-state index in [0.717, 1.165) is 13.8 Å². The number of ether oxygens (including phenoxy) is 4. The SMILES string of the molecule is CC(=O)OC(C(=O)OC(C)C)C(OC(C)=O)C(=O)OC(C)C. The van der Waals surface area contributed by atoms with E-state index in [9.17, 15) is 19.2 Å². The molecule has 0 aromatic carbocycles. The second-order valence-corrected chi connectivity index (χ2v) is 5.03. The van der Waals surface area contributed by atoms with Crippen LogP contribution < -0.4 is 0 Å². The summed E-state index contributed by atoms with van der Waals surface area (Å²) in [4.78, 5) is 46.3. The highest BCUT2D eigenvalue weighted by Crippen LogP contribution is 2.12. The summed E-state index contributed by atoms with van der Waals surface area (Å²) in [7, 11) is 0. The van der Waals surface area contributed by atoms with Crippen molar-refractivity contribution in [2.24, 2.45) is 0 Å². The Kier molecular flexibility index (Phi) is 8.14. The molecule has 0 bridgehead atoms. The van der Waals surface area contributed by atoms with Gasteiger partial charge in [-0.25, -0.2) is 9.59 Å². The topological polar surface area (TPSA) is 105 Å². The summed E-state index contributed by atoms with van der Waals surface area (Å²) in [6.07, 6.45) is -4.47.